The van der Waals surface area contributed by atoms with E-state index in [-0.39, 0.29) is 25.0 Å². The summed E-state index contributed by atoms with van der Waals surface area (Å²) in [6.45, 7) is -0.634. The van der Waals surface area contributed by atoms with E-state index in [1.807, 2.05) is 24.3 Å². The molecule has 0 aliphatic heterocycles. The summed E-state index contributed by atoms with van der Waals surface area (Å²) < 4.78 is 0. The maximum atomic E-state index is 13.5. The third-order valence-electron chi connectivity index (χ3n) is 6.49. The highest BCUT2D eigenvalue weighted by molar-refractivity contribution is 5.94. The van der Waals surface area contributed by atoms with Crippen LogP contribution in [-0.4, -0.2) is 73.5 Å². The molecule has 2 aromatic heterocycles. The summed E-state index contributed by atoms with van der Waals surface area (Å²) in [7, 11) is 0. The molecule has 0 bridgehead atoms. The van der Waals surface area contributed by atoms with Gasteiger partial charge in [0.15, 0.2) is 0 Å². The van der Waals surface area contributed by atoms with Crippen LogP contribution in [0.3, 0.4) is 0 Å². The number of nitrogens with two attached hydrogens (primary N) is 1. The second-order valence-electron chi connectivity index (χ2n) is 9.56. The maximum absolute atomic E-state index is 13.5. The zero-order valence-electron chi connectivity index (χ0n) is 22.0. The van der Waals surface area contributed by atoms with Gasteiger partial charge in [0.2, 0.25) is 17.7 Å². The molecular formula is C28H31N7O6. The van der Waals surface area contributed by atoms with E-state index < -0.39 is 48.4 Å². The molecule has 3 atom stereocenters. The molecular weight excluding hydrogens is 530 g/mol. The van der Waals surface area contributed by atoms with Gasteiger partial charge >= 0.3 is 5.97 Å². The van der Waals surface area contributed by atoms with Crippen molar-refractivity contribution in [2.24, 2.45) is 5.73 Å². The van der Waals surface area contributed by atoms with Crippen LogP contribution in [0.15, 0.2) is 67.3 Å². The molecule has 4 aromatic rings. The predicted molar refractivity (Wildman–Crippen MR) is 149 cm³/mol. The number of hydrogen-bond donors (Lipinski definition) is 8. The summed E-state index contributed by atoms with van der Waals surface area (Å²) in [6, 6.07) is 10.4. The van der Waals surface area contributed by atoms with Crippen molar-refractivity contribution in [3.05, 3.63) is 84.1 Å². The molecule has 2 heterocycles. The van der Waals surface area contributed by atoms with E-state index in [4.69, 9.17) is 10.8 Å². The molecule has 2 aromatic carbocycles. The Morgan fingerprint density at radius 3 is 2.29 bits per heavy atom. The molecule has 0 aliphatic rings. The summed E-state index contributed by atoms with van der Waals surface area (Å²) in [6.07, 6.45) is 4.91. The number of carbonyl (C=O) groups excluding carboxylic acids is 3. The van der Waals surface area contributed by atoms with Gasteiger partial charge in [0.1, 0.15) is 24.4 Å². The second kappa shape index (κ2) is 13.3. The average Bonchev–Trinajstić information content (AvgIpc) is 3.62. The molecule has 13 heteroatoms. The molecule has 3 amide bonds. The van der Waals surface area contributed by atoms with E-state index in [0.29, 0.717) is 11.3 Å². The van der Waals surface area contributed by atoms with E-state index in [0.717, 1.165) is 16.5 Å². The van der Waals surface area contributed by atoms with Crippen molar-refractivity contribution in [1.29, 1.82) is 0 Å². The quantitative estimate of drug-likeness (QED) is 0.112. The number of phenols is 1. The number of aliphatic carboxylic acids is 1. The molecule has 9 N–H and O–H groups in total. The van der Waals surface area contributed by atoms with E-state index in [9.17, 15) is 24.3 Å². The zero-order valence-corrected chi connectivity index (χ0v) is 22.0. The Bertz CT molecular complexity index is 1500. The first kappa shape index (κ1) is 28.8. The molecule has 3 unspecified atom stereocenters. The Morgan fingerprint density at radius 1 is 0.878 bits per heavy atom. The molecule has 4 rings (SSSR count). The number of phenolic OH excluding ortho intramolecular Hbond substituents is 1. The number of H-pyrrole nitrogens is 2. The minimum Gasteiger partial charge on any atom is -0.508 e. The number of amides is 3. The van der Waals surface area contributed by atoms with Crippen LogP contribution in [-0.2, 0) is 38.4 Å². The Kier molecular flexibility index (Phi) is 9.32. The predicted octanol–water partition coefficient (Wildman–Crippen LogP) is 0.122. The summed E-state index contributed by atoms with van der Waals surface area (Å²) >= 11 is 0. The highest BCUT2D eigenvalue weighted by atomic mass is 16.4. The topological polar surface area (TPSA) is 215 Å². The maximum Gasteiger partial charge on any atom is 0.322 e. The van der Waals surface area contributed by atoms with Gasteiger partial charge in [0.25, 0.3) is 0 Å². The van der Waals surface area contributed by atoms with Gasteiger partial charge in [-0.25, -0.2) is 4.98 Å². The van der Waals surface area contributed by atoms with Crippen molar-refractivity contribution in [2.45, 2.75) is 37.4 Å². The summed E-state index contributed by atoms with van der Waals surface area (Å²) in [5.74, 6) is -3.18. The third kappa shape index (κ3) is 7.92. The van der Waals surface area contributed by atoms with Crippen LogP contribution in [0.4, 0.5) is 0 Å². The molecule has 0 spiro atoms. The summed E-state index contributed by atoms with van der Waals surface area (Å²) in [5.41, 5.74) is 9.16. The highest BCUT2D eigenvalue weighted by Crippen LogP contribution is 2.19. The Balaban J connectivity index is 1.51. The SMILES string of the molecule is NC(Cc1c[nH]c2ccccc12)C(=O)NC(Cc1ccc(O)cc1)C(=O)NC(Cc1cnc[nH]1)C(=O)NCC(=O)O. The van der Waals surface area contributed by atoms with E-state index in [1.165, 1.54) is 24.7 Å². The largest absolute Gasteiger partial charge is 0.508 e. The van der Waals surface area contributed by atoms with Crippen LogP contribution in [0.5, 0.6) is 5.75 Å². The van der Waals surface area contributed by atoms with Crippen molar-refractivity contribution in [1.82, 2.24) is 30.9 Å². The second-order valence-corrected chi connectivity index (χ2v) is 9.56. The van der Waals surface area contributed by atoms with Gasteiger partial charge in [-0.05, 0) is 35.7 Å². The van der Waals surface area contributed by atoms with Gasteiger partial charge in [-0.1, -0.05) is 30.3 Å². The lowest BCUT2D eigenvalue weighted by Crippen LogP contribution is -2.57. The fourth-order valence-electron chi connectivity index (χ4n) is 4.37. The minimum absolute atomic E-state index is 0.00283. The van der Waals surface area contributed by atoms with Gasteiger partial charge in [0.05, 0.1) is 12.4 Å². The molecule has 0 aliphatic carbocycles. The fourth-order valence-corrected chi connectivity index (χ4v) is 4.37. The number of aromatic amines is 2. The monoisotopic (exact) mass is 561 g/mol. The van der Waals surface area contributed by atoms with Gasteiger partial charge in [0, 0.05) is 41.8 Å². The molecule has 0 radical (unpaired) electrons. The fraction of sp³-hybridized carbons (Fsp3) is 0.250. The van der Waals surface area contributed by atoms with E-state index in [2.05, 4.69) is 30.9 Å². The van der Waals surface area contributed by atoms with Gasteiger partial charge in [-0.2, -0.15) is 0 Å². The number of nitrogens with one attached hydrogen (secondary N) is 5. The highest BCUT2D eigenvalue weighted by Gasteiger charge is 2.29. The molecule has 0 fully saturated rings. The van der Waals surface area contributed by atoms with Crippen molar-refractivity contribution in [3.8, 4) is 5.75 Å². The molecule has 0 saturated carbocycles. The lowest BCUT2D eigenvalue weighted by molar-refractivity contribution is -0.138. The number of carbonyl (C=O) groups is 4. The molecule has 41 heavy (non-hydrogen) atoms. The number of rotatable bonds is 13. The molecule has 214 valence electrons. The zero-order chi connectivity index (χ0) is 29.4. The van der Waals surface area contributed by atoms with Gasteiger partial charge in [-0.3, -0.25) is 19.2 Å². The van der Waals surface area contributed by atoms with Crippen molar-refractivity contribution >= 4 is 34.6 Å². The first-order chi connectivity index (χ1) is 19.7. The lowest BCUT2D eigenvalue weighted by atomic mass is 10.0. The number of carboxylic acid groups (broad SMARTS) is 1. The number of imidazole rings is 1. The summed E-state index contributed by atoms with van der Waals surface area (Å²) in [5, 5.41) is 27.1. The average molecular weight is 562 g/mol. The number of benzene rings is 2. The molecule has 13 nitrogen and oxygen atoms in total. The van der Waals surface area contributed by atoms with Crippen LogP contribution < -0.4 is 21.7 Å². The number of carboxylic acids is 1. The van der Waals surface area contributed by atoms with Crippen molar-refractivity contribution in [3.63, 3.8) is 0 Å². The Hall–Kier alpha value is -5.17. The van der Waals surface area contributed by atoms with E-state index in [1.54, 1.807) is 18.3 Å². The number of aromatic hydroxyl groups is 1. The van der Waals surface area contributed by atoms with Crippen LogP contribution in [0.2, 0.25) is 0 Å². The number of aromatic nitrogens is 3. The Labute approximate surface area is 234 Å². The van der Waals surface area contributed by atoms with Crippen LogP contribution >= 0.6 is 0 Å². The first-order valence-corrected chi connectivity index (χ1v) is 12.9. The van der Waals surface area contributed by atoms with Gasteiger partial charge < -0.3 is 41.9 Å². The number of para-hydroxylation sites is 1. The van der Waals surface area contributed by atoms with E-state index >= 15 is 0 Å². The van der Waals surface area contributed by atoms with Crippen molar-refractivity contribution < 1.29 is 29.4 Å². The normalized spacial score (nSPS) is 13.2. The van der Waals surface area contributed by atoms with Crippen molar-refractivity contribution in [2.75, 3.05) is 6.54 Å². The van der Waals surface area contributed by atoms with Gasteiger partial charge in [-0.15, -0.1) is 0 Å². The first-order valence-electron chi connectivity index (χ1n) is 12.9. The smallest absolute Gasteiger partial charge is 0.322 e. The van der Waals surface area contributed by atoms with Crippen LogP contribution in [0, 0.1) is 0 Å². The third-order valence-corrected chi connectivity index (χ3v) is 6.49. The minimum atomic E-state index is -1.24. The number of nitrogens with zero attached hydrogens (tertiary/aromatic N) is 1. The van der Waals surface area contributed by atoms with Crippen LogP contribution in [0.1, 0.15) is 16.8 Å². The lowest BCUT2D eigenvalue weighted by Gasteiger charge is -2.24. The Morgan fingerprint density at radius 2 is 1.59 bits per heavy atom. The molecule has 0 saturated heterocycles. The van der Waals surface area contributed by atoms with Crippen LogP contribution in [0.25, 0.3) is 10.9 Å². The summed E-state index contributed by atoms with van der Waals surface area (Å²) in [4.78, 5) is 60.3. The number of hydrogen-bond acceptors (Lipinski definition) is 7. The standard InChI is InChI=1S/C28H31N7O6/c29-21(10-17-12-31-22-4-2-1-3-20(17)22)26(39)34-23(9-16-5-7-19(36)8-6-16)28(41)35-24(11-18-13-30-15-33-18)27(40)32-14-25(37)38/h1-8,12-13,15,21,23-24,31,36H,9-11,14,29H2,(H,30,33)(H,32,40)(H,34,39)(H,35,41)(H,37,38). The number of fused-ring (bicyclic) bond motifs is 1.